The number of pyridine rings is 1. The number of nitrogens with two attached hydrogens (primary N) is 1. The van der Waals surface area contributed by atoms with Gasteiger partial charge < -0.3 is 20.0 Å². The standard InChI is InChI=1S/C26H20FN5O3S/c1-15-10-17(4-7-22(15)27)25-31-18(13-35-25)14-36-26-21(12-29)23(20(11-28)24(30)32-26)16-2-5-19(6-3-16)34-9-8-33/h2-7,10,13,33H,8-9,14H2,1H3,(H2,30,32). The lowest BCUT2D eigenvalue weighted by Crippen LogP contribution is -2.04. The quantitative estimate of drug-likeness (QED) is 0.324. The second-order valence-corrected chi connectivity index (χ2v) is 8.61. The third-order valence-corrected chi connectivity index (χ3v) is 6.24. The smallest absolute Gasteiger partial charge is 0.226 e. The van der Waals surface area contributed by atoms with Crippen molar-refractivity contribution < 1.29 is 18.7 Å². The summed E-state index contributed by atoms with van der Waals surface area (Å²) < 4.78 is 24.5. The number of aromatic nitrogens is 2. The molecule has 3 N–H and O–H groups in total. The Morgan fingerprint density at radius 3 is 2.47 bits per heavy atom. The monoisotopic (exact) mass is 501 g/mol. The number of hydrogen-bond donors (Lipinski definition) is 2. The van der Waals surface area contributed by atoms with Crippen LogP contribution in [0.4, 0.5) is 10.2 Å². The topological polar surface area (TPSA) is 142 Å². The van der Waals surface area contributed by atoms with Crippen molar-refractivity contribution in [3.8, 4) is 40.5 Å². The summed E-state index contributed by atoms with van der Waals surface area (Å²) in [7, 11) is 0. The fourth-order valence-electron chi connectivity index (χ4n) is 3.50. The lowest BCUT2D eigenvalue weighted by atomic mass is 9.97. The van der Waals surface area contributed by atoms with E-state index in [0.717, 1.165) is 0 Å². The first kappa shape index (κ1) is 24.7. The molecule has 0 atom stereocenters. The summed E-state index contributed by atoms with van der Waals surface area (Å²) in [6.07, 6.45) is 1.49. The first-order valence-corrected chi connectivity index (χ1v) is 11.7. The molecular formula is C26H20FN5O3S. The zero-order valence-corrected chi connectivity index (χ0v) is 20.0. The van der Waals surface area contributed by atoms with Crippen LogP contribution in [0.2, 0.25) is 0 Å². The van der Waals surface area contributed by atoms with Crippen LogP contribution in [0.25, 0.3) is 22.6 Å². The second kappa shape index (κ2) is 10.9. The number of aryl methyl sites for hydroxylation is 1. The number of nitrogen functional groups attached to an aromatic ring is 1. The van der Waals surface area contributed by atoms with Gasteiger partial charge in [0.25, 0.3) is 0 Å². The summed E-state index contributed by atoms with van der Waals surface area (Å²) in [6.45, 7) is 1.70. The summed E-state index contributed by atoms with van der Waals surface area (Å²) >= 11 is 1.24. The minimum Gasteiger partial charge on any atom is -0.491 e. The van der Waals surface area contributed by atoms with Crippen LogP contribution in [-0.4, -0.2) is 28.3 Å². The highest BCUT2D eigenvalue weighted by atomic mass is 32.2. The van der Waals surface area contributed by atoms with Crippen LogP contribution in [0.1, 0.15) is 22.4 Å². The first-order chi connectivity index (χ1) is 17.4. The Labute approximate surface area is 210 Å². The molecule has 0 radical (unpaired) electrons. The molecule has 0 fully saturated rings. The number of nitrogens with zero attached hydrogens (tertiary/aromatic N) is 4. The van der Waals surface area contributed by atoms with Crippen molar-refractivity contribution in [2.75, 3.05) is 18.9 Å². The van der Waals surface area contributed by atoms with E-state index in [4.69, 9.17) is 20.0 Å². The Morgan fingerprint density at radius 2 is 1.81 bits per heavy atom. The lowest BCUT2D eigenvalue weighted by molar-refractivity contribution is 0.201. The highest BCUT2D eigenvalue weighted by Gasteiger charge is 2.21. The maximum Gasteiger partial charge on any atom is 0.226 e. The fourth-order valence-corrected chi connectivity index (χ4v) is 4.37. The molecule has 0 amide bonds. The van der Waals surface area contributed by atoms with Gasteiger partial charge in [0.15, 0.2) is 0 Å². The van der Waals surface area contributed by atoms with Crippen LogP contribution >= 0.6 is 11.8 Å². The number of ether oxygens (including phenoxy) is 1. The van der Waals surface area contributed by atoms with E-state index >= 15 is 0 Å². The van der Waals surface area contributed by atoms with E-state index in [0.29, 0.717) is 50.4 Å². The Bertz CT molecular complexity index is 1490. The SMILES string of the molecule is Cc1cc(-c2nc(CSc3nc(N)c(C#N)c(-c4ccc(OCCO)cc4)c3C#N)co2)ccc1F. The maximum absolute atomic E-state index is 13.6. The number of hydrogen-bond acceptors (Lipinski definition) is 9. The molecule has 0 bridgehead atoms. The van der Waals surface area contributed by atoms with Crippen molar-refractivity contribution in [1.29, 1.82) is 10.5 Å². The van der Waals surface area contributed by atoms with Crippen LogP contribution in [0, 0.1) is 35.4 Å². The van der Waals surface area contributed by atoms with Gasteiger partial charge in [-0.25, -0.2) is 14.4 Å². The molecule has 0 spiro atoms. The molecule has 180 valence electrons. The van der Waals surface area contributed by atoms with Gasteiger partial charge in [-0.2, -0.15) is 10.5 Å². The van der Waals surface area contributed by atoms with Crippen molar-refractivity contribution in [1.82, 2.24) is 9.97 Å². The van der Waals surface area contributed by atoms with Gasteiger partial charge in [0, 0.05) is 16.9 Å². The van der Waals surface area contributed by atoms with E-state index in [1.54, 1.807) is 43.3 Å². The number of halogens is 1. The fraction of sp³-hybridized carbons (Fsp3) is 0.154. The zero-order chi connectivity index (χ0) is 25.7. The summed E-state index contributed by atoms with van der Waals surface area (Å²) in [6, 6.07) is 15.6. The number of aliphatic hydroxyl groups excluding tert-OH is 1. The second-order valence-electron chi connectivity index (χ2n) is 7.64. The molecule has 0 aliphatic heterocycles. The summed E-state index contributed by atoms with van der Waals surface area (Å²) in [5.41, 5.74) is 9.13. The molecule has 0 unspecified atom stereocenters. The first-order valence-electron chi connectivity index (χ1n) is 10.8. The van der Waals surface area contributed by atoms with Gasteiger partial charge >= 0.3 is 0 Å². The molecule has 0 aliphatic carbocycles. The third-order valence-electron chi connectivity index (χ3n) is 5.23. The Kier molecular flexibility index (Phi) is 7.50. The molecule has 4 rings (SSSR count). The number of oxazole rings is 1. The molecule has 36 heavy (non-hydrogen) atoms. The minimum atomic E-state index is -0.308. The average Bonchev–Trinajstić information content (AvgIpc) is 3.37. The van der Waals surface area contributed by atoms with E-state index < -0.39 is 0 Å². The van der Waals surface area contributed by atoms with Crippen LogP contribution < -0.4 is 10.5 Å². The van der Waals surface area contributed by atoms with E-state index in [9.17, 15) is 14.9 Å². The molecule has 2 aromatic heterocycles. The van der Waals surface area contributed by atoms with Crippen LogP contribution in [0.5, 0.6) is 5.75 Å². The molecular weight excluding hydrogens is 481 g/mol. The van der Waals surface area contributed by atoms with E-state index in [1.807, 2.05) is 0 Å². The summed E-state index contributed by atoms with van der Waals surface area (Å²) in [5, 5.41) is 29.0. The number of thioether (sulfide) groups is 1. The normalized spacial score (nSPS) is 10.6. The van der Waals surface area contributed by atoms with Gasteiger partial charge in [-0.1, -0.05) is 23.9 Å². The summed E-state index contributed by atoms with van der Waals surface area (Å²) in [4.78, 5) is 8.76. The van der Waals surface area contributed by atoms with Crippen molar-refractivity contribution >= 4 is 17.6 Å². The van der Waals surface area contributed by atoms with Gasteiger partial charge in [0.1, 0.15) is 53.0 Å². The van der Waals surface area contributed by atoms with Crippen LogP contribution in [-0.2, 0) is 5.75 Å². The predicted octanol–water partition coefficient (Wildman–Crippen LogP) is 4.84. The van der Waals surface area contributed by atoms with Gasteiger partial charge in [-0.15, -0.1) is 0 Å². The Balaban J connectivity index is 1.63. The van der Waals surface area contributed by atoms with E-state index in [-0.39, 0.29) is 36.0 Å². The Morgan fingerprint density at radius 1 is 1.08 bits per heavy atom. The van der Waals surface area contributed by atoms with Crippen molar-refractivity contribution in [3.05, 3.63) is 76.9 Å². The molecule has 4 aromatic rings. The van der Waals surface area contributed by atoms with Gasteiger partial charge in [0.05, 0.1) is 17.9 Å². The van der Waals surface area contributed by atoms with Gasteiger partial charge in [-0.3, -0.25) is 0 Å². The van der Waals surface area contributed by atoms with Gasteiger partial charge in [-0.05, 0) is 48.4 Å². The molecule has 2 heterocycles. The van der Waals surface area contributed by atoms with Crippen LogP contribution in [0.15, 0.2) is 58.2 Å². The van der Waals surface area contributed by atoms with Gasteiger partial charge in [0.2, 0.25) is 5.89 Å². The maximum atomic E-state index is 13.6. The predicted molar refractivity (Wildman–Crippen MR) is 132 cm³/mol. The highest BCUT2D eigenvalue weighted by molar-refractivity contribution is 7.98. The summed E-state index contributed by atoms with van der Waals surface area (Å²) in [5.74, 6) is 0.921. The third kappa shape index (κ3) is 5.15. The molecule has 10 heteroatoms. The van der Waals surface area contributed by atoms with Crippen molar-refractivity contribution in [3.63, 3.8) is 0 Å². The molecule has 8 nitrogen and oxygen atoms in total. The van der Waals surface area contributed by atoms with E-state index in [2.05, 4.69) is 22.1 Å². The Hall–Kier alpha value is -4.38. The average molecular weight is 502 g/mol. The van der Waals surface area contributed by atoms with Crippen molar-refractivity contribution in [2.24, 2.45) is 0 Å². The zero-order valence-electron chi connectivity index (χ0n) is 19.2. The van der Waals surface area contributed by atoms with Crippen molar-refractivity contribution in [2.45, 2.75) is 17.7 Å². The lowest BCUT2D eigenvalue weighted by Gasteiger charge is -2.13. The molecule has 0 saturated heterocycles. The number of nitriles is 2. The molecule has 0 aliphatic rings. The highest BCUT2D eigenvalue weighted by Crippen LogP contribution is 2.37. The number of benzene rings is 2. The number of aliphatic hydroxyl groups is 1. The number of anilines is 1. The van der Waals surface area contributed by atoms with E-state index in [1.165, 1.54) is 24.1 Å². The number of rotatable bonds is 8. The largest absolute Gasteiger partial charge is 0.491 e. The van der Waals surface area contributed by atoms with Crippen LogP contribution in [0.3, 0.4) is 0 Å². The molecule has 0 saturated carbocycles. The minimum absolute atomic E-state index is 0.0113. The molecule has 2 aromatic carbocycles.